The van der Waals surface area contributed by atoms with E-state index >= 15 is 0 Å². The zero-order valence-corrected chi connectivity index (χ0v) is 12.1. The molecule has 0 aliphatic heterocycles. The maximum Gasteiger partial charge on any atom is 0.333 e. The summed E-state index contributed by atoms with van der Waals surface area (Å²) in [6.07, 6.45) is 1.00. The molecule has 0 fully saturated rings. The van der Waals surface area contributed by atoms with Crippen LogP contribution in [0.4, 0.5) is 18.3 Å². The van der Waals surface area contributed by atoms with Crippen LogP contribution in [0.1, 0.15) is 17.0 Å². The quantitative estimate of drug-likeness (QED) is 0.792. The molecule has 0 unspecified atom stereocenters. The van der Waals surface area contributed by atoms with Crippen molar-refractivity contribution in [3.8, 4) is 11.4 Å². The smallest absolute Gasteiger partial charge is 0.295 e. The van der Waals surface area contributed by atoms with Crippen molar-refractivity contribution >= 4 is 22.6 Å². The predicted molar refractivity (Wildman–Crippen MR) is 76.7 cm³/mol. The molecule has 0 saturated heterocycles. The van der Waals surface area contributed by atoms with Gasteiger partial charge in [0.2, 0.25) is 5.13 Å². The minimum absolute atomic E-state index is 0.163. The average molecular weight is 339 g/mol. The third-order valence-corrected chi connectivity index (χ3v) is 3.42. The lowest BCUT2D eigenvalue weighted by atomic mass is 10.2. The first kappa shape index (κ1) is 15.2. The first-order chi connectivity index (χ1) is 11.0. The highest BCUT2D eigenvalue weighted by atomic mass is 32.1. The second-order valence-corrected chi connectivity index (χ2v) is 5.09. The van der Waals surface area contributed by atoms with Crippen LogP contribution in [0.15, 0.2) is 36.5 Å². The number of nitrogens with zero attached hydrogens (tertiary/aromatic N) is 4. The van der Waals surface area contributed by atoms with Gasteiger partial charge in [-0.2, -0.15) is 23.2 Å². The number of anilines is 1. The molecule has 3 rings (SSSR count). The Hall–Kier alpha value is -2.75. The minimum Gasteiger partial charge on any atom is -0.295 e. The van der Waals surface area contributed by atoms with Crippen LogP contribution < -0.4 is 5.32 Å². The number of benzene rings is 1. The van der Waals surface area contributed by atoms with Crippen LogP contribution >= 0.6 is 11.5 Å². The number of hydrogen-bond donors (Lipinski definition) is 1. The molecule has 0 atom stereocenters. The molecule has 2 heterocycles. The molecule has 1 aromatic carbocycles. The van der Waals surface area contributed by atoms with Crippen LogP contribution in [0.2, 0.25) is 0 Å². The number of alkyl halides is 2. The van der Waals surface area contributed by atoms with E-state index in [9.17, 15) is 18.0 Å². The molecule has 0 spiro atoms. The molecule has 0 saturated carbocycles. The van der Waals surface area contributed by atoms with Gasteiger partial charge in [-0.05, 0) is 30.3 Å². The molecule has 2 aromatic heterocycles. The van der Waals surface area contributed by atoms with Crippen molar-refractivity contribution in [1.82, 2.24) is 19.1 Å². The summed E-state index contributed by atoms with van der Waals surface area (Å²) in [6, 6.07) is 6.72. The number of carbonyl (C=O) groups is 1. The van der Waals surface area contributed by atoms with Gasteiger partial charge >= 0.3 is 6.55 Å². The third-order valence-electron chi connectivity index (χ3n) is 2.79. The van der Waals surface area contributed by atoms with Crippen molar-refractivity contribution < 1.29 is 18.0 Å². The van der Waals surface area contributed by atoms with Gasteiger partial charge in [0, 0.05) is 23.3 Å². The maximum absolute atomic E-state index is 12.9. The van der Waals surface area contributed by atoms with E-state index in [0.29, 0.717) is 16.1 Å². The van der Waals surface area contributed by atoms with Gasteiger partial charge in [0.05, 0.1) is 0 Å². The number of hydrogen-bond acceptors (Lipinski definition) is 5. The molecular weight excluding hydrogens is 331 g/mol. The zero-order chi connectivity index (χ0) is 16.4. The Morgan fingerprint density at radius 1 is 1.22 bits per heavy atom. The fraction of sp³-hybridized carbons (Fsp3) is 0.0769. The van der Waals surface area contributed by atoms with E-state index in [-0.39, 0.29) is 16.6 Å². The third kappa shape index (κ3) is 3.37. The highest BCUT2D eigenvalue weighted by Crippen LogP contribution is 2.21. The fourth-order valence-electron chi connectivity index (χ4n) is 1.72. The van der Waals surface area contributed by atoms with Crippen LogP contribution in [0.25, 0.3) is 11.4 Å². The summed E-state index contributed by atoms with van der Waals surface area (Å²) in [7, 11) is 0. The lowest BCUT2D eigenvalue weighted by molar-refractivity contribution is 0.0561. The van der Waals surface area contributed by atoms with E-state index in [1.165, 1.54) is 30.3 Å². The van der Waals surface area contributed by atoms with E-state index < -0.39 is 12.5 Å². The molecule has 3 aromatic rings. The summed E-state index contributed by atoms with van der Waals surface area (Å²) >= 11 is 0.915. The normalized spacial score (nSPS) is 11.0. The van der Waals surface area contributed by atoms with Gasteiger partial charge in [-0.15, -0.1) is 0 Å². The summed E-state index contributed by atoms with van der Waals surface area (Å²) in [5.74, 6) is -0.735. The molecular formula is C13H8F3N5OS. The molecule has 0 radical (unpaired) electrons. The highest BCUT2D eigenvalue weighted by Gasteiger charge is 2.15. The van der Waals surface area contributed by atoms with Gasteiger partial charge in [0.25, 0.3) is 5.91 Å². The van der Waals surface area contributed by atoms with Gasteiger partial charge in [-0.1, -0.05) is 0 Å². The standard InChI is InChI=1S/C13H8F3N5OS/c14-8-3-1-7(2-4-8)10-17-13(23-20-10)18-11(22)9-5-6-21(19-9)12(15)16/h1-6,12H,(H,17,18,20,22). The molecule has 0 bridgehead atoms. The number of nitrogens with one attached hydrogen (secondary N) is 1. The molecule has 1 N–H and O–H groups in total. The highest BCUT2D eigenvalue weighted by molar-refractivity contribution is 7.10. The van der Waals surface area contributed by atoms with Crippen LogP contribution in [-0.2, 0) is 0 Å². The maximum atomic E-state index is 12.9. The molecule has 0 aliphatic rings. The van der Waals surface area contributed by atoms with Gasteiger partial charge in [-0.3, -0.25) is 10.1 Å². The summed E-state index contributed by atoms with van der Waals surface area (Å²) in [6.45, 7) is -2.82. The van der Waals surface area contributed by atoms with Crippen molar-refractivity contribution in [1.29, 1.82) is 0 Å². The van der Waals surface area contributed by atoms with Gasteiger partial charge in [0.15, 0.2) is 11.5 Å². The lowest BCUT2D eigenvalue weighted by Gasteiger charge is -1.98. The van der Waals surface area contributed by atoms with Crippen LogP contribution in [0, 0.1) is 5.82 Å². The van der Waals surface area contributed by atoms with E-state index in [1.54, 1.807) is 0 Å². The Labute approximate surface area is 131 Å². The monoisotopic (exact) mass is 339 g/mol. The molecule has 0 aliphatic carbocycles. The zero-order valence-electron chi connectivity index (χ0n) is 11.3. The summed E-state index contributed by atoms with van der Waals surface area (Å²) in [5.41, 5.74) is 0.425. The van der Waals surface area contributed by atoms with Crippen molar-refractivity contribution in [2.24, 2.45) is 0 Å². The fourth-order valence-corrected chi connectivity index (χ4v) is 2.30. The minimum atomic E-state index is -2.82. The van der Waals surface area contributed by atoms with Gasteiger partial charge in [-0.25, -0.2) is 9.07 Å². The predicted octanol–water partition coefficient (Wildman–Crippen LogP) is 3.19. The molecule has 10 heteroatoms. The van der Waals surface area contributed by atoms with E-state index in [4.69, 9.17) is 0 Å². The van der Waals surface area contributed by atoms with E-state index in [0.717, 1.165) is 17.7 Å². The molecule has 23 heavy (non-hydrogen) atoms. The Kier molecular flexibility index (Phi) is 4.06. The first-order valence-electron chi connectivity index (χ1n) is 6.27. The number of amides is 1. The second-order valence-electron chi connectivity index (χ2n) is 4.34. The largest absolute Gasteiger partial charge is 0.333 e. The summed E-state index contributed by atoms with van der Waals surface area (Å²) in [5, 5.41) is 6.05. The number of rotatable bonds is 4. The number of halogens is 3. The van der Waals surface area contributed by atoms with Crippen molar-refractivity contribution in [2.75, 3.05) is 5.32 Å². The van der Waals surface area contributed by atoms with Crippen LogP contribution in [0.5, 0.6) is 0 Å². The average Bonchev–Trinajstić information content (AvgIpc) is 3.17. The Bertz CT molecular complexity index is 830. The van der Waals surface area contributed by atoms with Gasteiger partial charge < -0.3 is 0 Å². The van der Waals surface area contributed by atoms with E-state index in [2.05, 4.69) is 19.8 Å². The van der Waals surface area contributed by atoms with Crippen molar-refractivity contribution in [2.45, 2.75) is 6.55 Å². The van der Waals surface area contributed by atoms with E-state index in [1.807, 2.05) is 0 Å². The number of aromatic nitrogens is 4. The summed E-state index contributed by atoms with van der Waals surface area (Å²) in [4.78, 5) is 16.0. The second kappa shape index (κ2) is 6.16. The van der Waals surface area contributed by atoms with Crippen molar-refractivity contribution in [3.05, 3.63) is 48.0 Å². The molecule has 6 nitrogen and oxygen atoms in total. The topological polar surface area (TPSA) is 72.7 Å². The van der Waals surface area contributed by atoms with Crippen LogP contribution in [-0.4, -0.2) is 25.0 Å². The first-order valence-corrected chi connectivity index (χ1v) is 7.04. The van der Waals surface area contributed by atoms with Gasteiger partial charge in [0.1, 0.15) is 5.82 Å². The van der Waals surface area contributed by atoms with Crippen molar-refractivity contribution in [3.63, 3.8) is 0 Å². The van der Waals surface area contributed by atoms with Crippen LogP contribution in [0.3, 0.4) is 0 Å². The number of carbonyl (C=O) groups excluding carboxylic acids is 1. The molecule has 1 amide bonds. The SMILES string of the molecule is O=C(Nc1nc(-c2ccc(F)cc2)ns1)c1ccn(C(F)F)n1. The lowest BCUT2D eigenvalue weighted by Crippen LogP contribution is -2.13. The Balaban J connectivity index is 1.73. The molecule has 118 valence electrons. The summed E-state index contributed by atoms with van der Waals surface area (Å²) < 4.78 is 42.1. The Morgan fingerprint density at radius 3 is 2.61 bits per heavy atom. The Morgan fingerprint density at radius 2 is 1.96 bits per heavy atom.